The lowest BCUT2D eigenvalue weighted by atomic mass is 10.1. The summed E-state index contributed by atoms with van der Waals surface area (Å²) in [4.78, 5) is 22.7. The third-order valence-corrected chi connectivity index (χ3v) is 2.43. The molecule has 1 aromatic carbocycles. The Morgan fingerprint density at radius 2 is 2.00 bits per heavy atom. The van der Waals surface area contributed by atoms with E-state index in [-0.39, 0.29) is 11.3 Å². The predicted octanol–water partition coefficient (Wildman–Crippen LogP) is 2.78. The van der Waals surface area contributed by atoms with Crippen molar-refractivity contribution in [3.05, 3.63) is 41.0 Å². The summed E-state index contributed by atoms with van der Waals surface area (Å²) in [7, 11) is 0. The predicted molar refractivity (Wildman–Crippen MR) is 74.6 cm³/mol. The van der Waals surface area contributed by atoms with Crippen LogP contribution in [0.15, 0.2) is 29.8 Å². The third-order valence-electron chi connectivity index (χ3n) is 2.43. The van der Waals surface area contributed by atoms with E-state index < -0.39 is 12.0 Å². The van der Waals surface area contributed by atoms with Crippen LogP contribution in [0.2, 0.25) is 0 Å². The van der Waals surface area contributed by atoms with E-state index in [2.05, 4.69) is 10.6 Å². The summed E-state index contributed by atoms with van der Waals surface area (Å²) in [6.45, 7) is 6.07. The van der Waals surface area contributed by atoms with Crippen molar-refractivity contribution in [2.75, 3.05) is 11.9 Å². The van der Waals surface area contributed by atoms with Gasteiger partial charge in [0.1, 0.15) is 0 Å². The molecule has 0 atom stereocenters. The van der Waals surface area contributed by atoms with Crippen molar-refractivity contribution in [2.24, 2.45) is 0 Å². The van der Waals surface area contributed by atoms with E-state index in [4.69, 9.17) is 5.11 Å². The molecule has 1 rings (SSSR count). The Balaban J connectivity index is 2.74. The summed E-state index contributed by atoms with van der Waals surface area (Å²) < 4.78 is 0. The van der Waals surface area contributed by atoms with Gasteiger partial charge in [-0.3, -0.25) is 0 Å². The number of carboxylic acid groups (broad SMARTS) is 1. The van der Waals surface area contributed by atoms with Crippen LogP contribution in [0.3, 0.4) is 0 Å². The molecule has 0 saturated carbocycles. The lowest BCUT2D eigenvalue weighted by Crippen LogP contribution is -2.29. The lowest BCUT2D eigenvalue weighted by molar-refractivity contribution is 0.0698. The Bertz CT molecular complexity index is 517. The average molecular weight is 262 g/mol. The highest BCUT2D eigenvalue weighted by molar-refractivity contribution is 6.00. The van der Waals surface area contributed by atoms with Gasteiger partial charge in [0.2, 0.25) is 0 Å². The Kier molecular flexibility index (Phi) is 5.11. The molecule has 0 saturated heterocycles. The van der Waals surface area contributed by atoms with E-state index in [1.54, 1.807) is 19.1 Å². The minimum absolute atomic E-state index is 0.0809. The normalized spacial score (nSPS) is 9.63. The van der Waals surface area contributed by atoms with Crippen LogP contribution in [-0.2, 0) is 0 Å². The molecule has 0 fully saturated rings. The first-order valence-electron chi connectivity index (χ1n) is 5.92. The van der Waals surface area contributed by atoms with Crippen molar-refractivity contribution in [3.8, 4) is 0 Å². The number of hydrogen-bond donors (Lipinski definition) is 3. The zero-order chi connectivity index (χ0) is 14.4. The molecule has 0 spiro atoms. The first kappa shape index (κ1) is 14.8. The molecule has 19 heavy (non-hydrogen) atoms. The van der Waals surface area contributed by atoms with Gasteiger partial charge >= 0.3 is 12.0 Å². The molecule has 5 heteroatoms. The van der Waals surface area contributed by atoms with Crippen LogP contribution in [0.25, 0.3) is 0 Å². The molecule has 2 amide bonds. The SMILES string of the molecule is CC(C)=CCNC(=O)Nc1ccc(C)cc1C(=O)O. The smallest absolute Gasteiger partial charge is 0.337 e. The summed E-state index contributed by atoms with van der Waals surface area (Å²) in [6, 6.07) is 4.43. The minimum Gasteiger partial charge on any atom is -0.478 e. The maximum absolute atomic E-state index is 11.6. The van der Waals surface area contributed by atoms with Gasteiger partial charge in [0.25, 0.3) is 0 Å². The summed E-state index contributed by atoms with van der Waals surface area (Å²) >= 11 is 0. The van der Waals surface area contributed by atoms with E-state index in [0.717, 1.165) is 11.1 Å². The average Bonchev–Trinajstić information content (AvgIpc) is 2.30. The summed E-state index contributed by atoms with van der Waals surface area (Å²) in [5, 5.41) is 14.2. The number of aryl methyl sites for hydroxylation is 1. The van der Waals surface area contributed by atoms with Crippen molar-refractivity contribution in [1.82, 2.24) is 5.32 Å². The maximum Gasteiger partial charge on any atom is 0.337 e. The molecule has 0 aliphatic carbocycles. The first-order valence-corrected chi connectivity index (χ1v) is 5.92. The zero-order valence-electron chi connectivity index (χ0n) is 11.3. The third kappa shape index (κ3) is 4.83. The minimum atomic E-state index is -1.07. The largest absolute Gasteiger partial charge is 0.478 e. The van der Waals surface area contributed by atoms with Crippen molar-refractivity contribution in [3.63, 3.8) is 0 Å². The molecule has 0 radical (unpaired) electrons. The molecule has 0 bridgehead atoms. The number of amides is 2. The summed E-state index contributed by atoms with van der Waals surface area (Å²) in [5.41, 5.74) is 2.29. The fourth-order valence-corrected chi connectivity index (χ4v) is 1.46. The highest BCUT2D eigenvalue weighted by atomic mass is 16.4. The highest BCUT2D eigenvalue weighted by Crippen LogP contribution is 2.17. The zero-order valence-corrected chi connectivity index (χ0v) is 11.3. The van der Waals surface area contributed by atoms with Crippen LogP contribution in [0.5, 0.6) is 0 Å². The van der Waals surface area contributed by atoms with Gasteiger partial charge in [-0.05, 0) is 32.9 Å². The molecular weight excluding hydrogens is 244 g/mol. The second-order valence-corrected chi connectivity index (χ2v) is 4.47. The van der Waals surface area contributed by atoms with Gasteiger partial charge in [-0.25, -0.2) is 9.59 Å². The van der Waals surface area contributed by atoms with Crippen LogP contribution in [0.1, 0.15) is 29.8 Å². The number of carbonyl (C=O) groups excluding carboxylic acids is 1. The van der Waals surface area contributed by atoms with Crippen molar-refractivity contribution >= 4 is 17.7 Å². The first-order chi connectivity index (χ1) is 8.90. The van der Waals surface area contributed by atoms with Crippen molar-refractivity contribution < 1.29 is 14.7 Å². The van der Waals surface area contributed by atoms with Crippen molar-refractivity contribution in [1.29, 1.82) is 0 Å². The lowest BCUT2D eigenvalue weighted by Gasteiger charge is -2.09. The van der Waals surface area contributed by atoms with Gasteiger partial charge in [0, 0.05) is 6.54 Å². The standard InChI is InChI=1S/C14H18N2O3/c1-9(2)6-7-15-14(19)16-12-5-4-10(3)8-11(12)13(17)18/h4-6,8H,7H2,1-3H3,(H,17,18)(H2,15,16,19). The van der Waals surface area contributed by atoms with E-state index in [0.29, 0.717) is 6.54 Å². The van der Waals surface area contributed by atoms with Gasteiger partial charge < -0.3 is 15.7 Å². The molecule has 1 aromatic rings. The van der Waals surface area contributed by atoms with Gasteiger partial charge in [0.05, 0.1) is 11.3 Å². The molecule has 0 aromatic heterocycles. The van der Waals surface area contributed by atoms with E-state index in [9.17, 15) is 9.59 Å². The van der Waals surface area contributed by atoms with Crippen LogP contribution in [-0.4, -0.2) is 23.7 Å². The quantitative estimate of drug-likeness (QED) is 0.730. The van der Waals surface area contributed by atoms with Gasteiger partial charge in [-0.1, -0.05) is 23.3 Å². The summed E-state index contributed by atoms with van der Waals surface area (Å²) in [5.74, 6) is -1.07. The molecule has 0 unspecified atom stereocenters. The fourth-order valence-electron chi connectivity index (χ4n) is 1.46. The molecule has 0 aliphatic rings. The highest BCUT2D eigenvalue weighted by Gasteiger charge is 2.12. The number of nitrogens with one attached hydrogen (secondary N) is 2. The maximum atomic E-state index is 11.6. The second kappa shape index (κ2) is 6.58. The number of aromatic carboxylic acids is 1. The molecular formula is C14H18N2O3. The number of hydrogen-bond acceptors (Lipinski definition) is 2. The molecule has 0 aliphatic heterocycles. The Morgan fingerprint density at radius 3 is 2.58 bits per heavy atom. The number of anilines is 1. The van der Waals surface area contributed by atoms with Crippen LogP contribution >= 0.6 is 0 Å². The Morgan fingerprint density at radius 1 is 1.32 bits per heavy atom. The fraction of sp³-hybridized carbons (Fsp3) is 0.286. The van der Waals surface area contributed by atoms with E-state index in [1.165, 1.54) is 6.07 Å². The Hall–Kier alpha value is -2.30. The molecule has 5 nitrogen and oxygen atoms in total. The topological polar surface area (TPSA) is 78.4 Å². The Labute approximate surface area is 112 Å². The van der Waals surface area contributed by atoms with Gasteiger partial charge in [-0.2, -0.15) is 0 Å². The van der Waals surface area contributed by atoms with Crippen LogP contribution in [0, 0.1) is 6.92 Å². The number of carbonyl (C=O) groups is 2. The molecule has 3 N–H and O–H groups in total. The number of benzene rings is 1. The number of allylic oxidation sites excluding steroid dienone is 1. The van der Waals surface area contributed by atoms with Crippen LogP contribution in [0.4, 0.5) is 10.5 Å². The van der Waals surface area contributed by atoms with E-state index in [1.807, 2.05) is 19.9 Å². The van der Waals surface area contributed by atoms with Gasteiger partial charge in [-0.15, -0.1) is 0 Å². The van der Waals surface area contributed by atoms with Gasteiger partial charge in [0.15, 0.2) is 0 Å². The molecule has 102 valence electrons. The number of urea groups is 1. The van der Waals surface area contributed by atoms with Crippen LogP contribution < -0.4 is 10.6 Å². The summed E-state index contributed by atoms with van der Waals surface area (Å²) in [6.07, 6.45) is 1.87. The molecule has 0 heterocycles. The van der Waals surface area contributed by atoms with E-state index >= 15 is 0 Å². The monoisotopic (exact) mass is 262 g/mol. The van der Waals surface area contributed by atoms with Crippen molar-refractivity contribution in [2.45, 2.75) is 20.8 Å². The second-order valence-electron chi connectivity index (χ2n) is 4.47. The number of carboxylic acids is 1. The number of rotatable bonds is 4.